The van der Waals surface area contributed by atoms with Gasteiger partial charge in [-0.1, -0.05) is 141 Å². The second kappa shape index (κ2) is 23.8. The normalized spacial score (nSPS) is 16.0. The van der Waals surface area contributed by atoms with Gasteiger partial charge in [-0.15, -0.1) is 0 Å². The highest BCUT2D eigenvalue weighted by molar-refractivity contribution is 6.12. The van der Waals surface area contributed by atoms with Gasteiger partial charge in [0.25, 0.3) is 0 Å². The van der Waals surface area contributed by atoms with Crippen molar-refractivity contribution in [2.24, 2.45) is 22.7 Å². The number of benzene rings is 2. The number of phenols is 1. The van der Waals surface area contributed by atoms with Gasteiger partial charge >= 0.3 is 5.97 Å². The first kappa shape index (κ1) is 54.8. The van der Waals surface area contributed by atoms with Crippen LogP contribution in [0.1, 0.15) is 171 Å². The maximum absolute atomic E-state index is 14.1. The lowest BCUT2D eigenvalue weighted by atomic mass is 9.70. The van der Waals surface area contributed by atoms with Crippen LogP contribution < -0.4 is 0 Å². The molecular weight excluding hydrogens is 801 g/mol. The van der Waals surface area contributed by atoms with Gasteiger partial charge in [0, 0.05) is 22.3 Å². The van der Waals surface area contributed by atoms with Gasteiger partial charge < -0.3 is 28.8 Å². The molecule has 0 aliphatic heterocycles. The van der Waals surface area contributed by atoms with Crippen LogP contribution >= 0.6 is 0 Å². The molecule has 0 heterocycles. The molecule has 3 rings (SSSR count). The Balaban J connectivity index is 1.78. The Morgan fingerprint density at radius 2 is 1.06 bits per heavy atom. The van der Waals surface area contributed by atoms with Crippen molar-refractivity contribution in [1.82, 2.24) is 0 Å². The number of allylic oxidation sites excluding steroid dienone is 5. The summed E-state index contributed by atoms with van der Waals surface area (Å²) in [6.07, 6.45) is 7.03. The van der Waals surface area contributed by atoms with Crippen molar-refractivity contribution in [3.63, 3.8) is 0 Å². The quantitative estimate of drug-likeness (QED) is 0.0922. The number of phenolic OH excluding ortho intramolecular Hbond substituents is 1. The Hall–Kier alpha value is -3.56. The van der Waals surface area contributed by atoms with Crippen LogP contribution in [0.5, 0.6) is 5.75 Å². The Kier molecular flexibility index (Phi) is 20.3. The highest BCUT2D eigenvalue weighted by Gasteiger charge is 2.36. The lowest BCUT2D eigenvalue weighted by Crippen LogP contribution is -2.28. The van der Waals surface area contributed by atoms with Gasteiger partial charge in [-0.2, -0.15) is 0 Å². The third-order valence-corrected chi connectivity index (χ3v) is 12.5. The number of ketones is 1. The average molecular weight is 887 g/mol. The van der Waals surface area contributed by atoms with Crippen molar-refractivity contribution in [3.05, 3.63) is 93.1 Å². The van der Waals surface area contributed by atoms with Crippen LogP contribution in [0.2, 0.25) is 0 Å². The number of carbonyl (C=O) groups excluding carboxylic acids is 2. The molecule has 0 radical (unpaired) electrons. The summed E-state index contributed by atoms with van der Waals surface area (Å²) in [4.78, 5) is 27.2. The minimum absolute atomic E-state index is 0.0902. The molecular formula is C56H86O8. The fourth-order valence-electron chi connectivity index (χ4n) is 7.97. The first-order chi connectivity index (χ1) is 29.7. The van der Waals surface area contributed by atoms with Crippen LogP contribution in [0.25, 0.3) is 5.57 Å². The number of rotatable bonds is 22. The van der Waals surface area contributed by atoms with E-state index in [-0.39, 0.29) is 58.0 Å². The van der Waals surface area contributed by atoms with Gasteiger partial charge in [-0.05, 0) is 105 Å². The smallest absolute Gasteiger partial charge is 0.308 e. The Labute approximate surface area is 388 Å². The van der Waals surface area contributed by atoms with Crippen molar-refractivity contribution in [3.8, 4) is 5.75 Å². The molecule has 0 saturated heterocycles. The van der Waals surface area contributed by atoms with Crippen LogP contribution in [0.15, 0.2) is 65.3 Å². The summed E-state index contributed by atoms with van der Waals surface area (Å²) in [7, 11) is 0. The van der Waals surface area contributed by atoms with E-state index in [4.69, 9.17) is 23.7 Å². The van der Waals surface area contributed by atoms with E-state index in [0.717, 1.165) is 63.0 Å². The second-order valence-corrected chi connectivity index (χ2v) is 22.0. The predicted molar refractivity (Wildman–Crippen MR) is 263 cm³/mol. The monoisotopic (exact) mass is 887 g/mol. The summed E-state index contributed by atoms with van der Waals surface area (Å²) in [5, 5.41) is 11.7. The van der Waals surface area contributed by atoms with E-state index in [1.807, 2.05) is 6.92 Å². The molecule has 1 aliphatic rings. The number of esters is 1. The molecule has 2 aromatic rings. The Morgan fingerprint density at radius 1 is 0.609 bits per heavy atom. The maximum atomic E-state index is 14.1. The van der Waals surface area contributed by atoms with E-state index < -0.39 is 0 Å². The van der Waals surface area contributed by atoms with E-state index in [0.29, 0.717) is 64.3 Å². The summed E-state index contributed by atoms with van der Waals surface area (Å²) in [5.41, 5.74) is 7.06. The summed E-state index contributed by atoms with van der Waals surface area (Å²) >= 11 is 0. The van der Waals surface area contributed by atoms with E-state index >= 15 is 0 Å². The highest BCUT2D eigenvalue weighted by Crippen LogP contribution is 2.46. The maximum Gasteiger partial charge on any atom is 0.308 e. The lowest BCUT2D eigenvalue weighted by Gasteiger charge is -2.32. The Bertz CT molecular complexity index is 1850. The standard InChI is InChI=1S/C56H86O8/c1-18-37(3)39(5)63-30-28-61-26-24-60-25-27-62-29-31-64-52(59)38(4)32-40(19-2)41-20-22-42(23-21-41)49(43-33-45(53(6,7)8)50(57)46(34-43)54(9,10)11)44-35-47(55(12,13)14)51(58)48(36-44)56(15,16)17/h20-23,33-40,57H,18-19,24-32H2,1-17H3. The van der Waals surface area contributed by atoms with Crippen molar-refractivity contribution in [2.45, 2.75) is 160 Å². The zero-order valence-corrected chi connectivity index (χ0v) is 43.0. The summed E-state index contributed by atoms with van der Waals surface area (Å²) < 4.78 is 28.3. The first-order valence-corrected chi connectivity index (χ1v) is 24.0. The predicted octanol–water partition coefficient (Wildman–Crippen LogP) is 12.9. The average Bonchev–Trinajstić information content (AvgIpc) is 3.20. The molecule has 0 saturated carbocycles. The molecule has 0 spiro atoms. The van der Waals surface area contributed by atoms with E-state index in [9.17, 15) is 14.7 Å². The molecule has 4 atom stereocenters. The lowest BCUT2D eigenvalue weighted by molar-refractivity contribution is -0.150. The molecule has 358 valence electrons. The van der Waals surface area contributed by atoms with Crippen molar-refractivity contribution >= 4 is 17.3 Å². The Morgan fingerprint density at radius 3 is 1.48 bits per heavy atom. The third kappa shape index (κ3) is 15.8. The SMILES string of the molecule is CCC(CC(C)C(=O)OCCOCCOCCOCCOC(C)C(C)CC)c1ccc(C(=C2C=C(C(C)(C)C)C(=O)C(C(C)(C)C)=C2)c2cc(C(C)(C)C)c(O)c(C(C)(C)C)c2)cc1. The molecule has 1 N–H and O–H groups in total. The van der Waals surface area contributed by atoms with Gasteiger partial charge in [0.05, 0.1) is 58.3 Å². The van der Waals surface area contributed by atoms with Gasteiger partial charge in [-0.25, -0.2) is 0 Å². The topological polar surface area (TPSA) is 101 Å². The van der Waals surface area contributed by atoms with Crippen LogP contribution in [0.4, 0.5) is 0 Å². The molecule has 64 heavy (non-hydrogen) atoms. The van der Waals surface area contributed by atoms with E-state index in [1.54, 1.807) is 0 Å². The zero-order valence-electron chi connectivity index (χ0n) is 43.0. The molecule has 0 aromatic heterocycles. The third-order valence-electron chi connectivity index (χ3n) is 12.5. The van der Waals surface area contributed by atoms with Crippen LogP contribution in [-0.2, 0) is 44.1 Å². The fraction of sp³-hybridized carbons (Fsp3) is 0.643. The molecule has 0 fully saturated rings. The van der Waals surface area contributed by atoms with Crippen LogP contribution in [0.3, 0.4) is 0 Å². The van der Waals surface area contributed by atoms with Gasteiger partial charge in [-0.3, -0.25) is 9.59 Å². The molecule has 8 heteroatoms. The number of aromatic hydroxyl groups is 1. The number of carbonyl (C=O) groups is 2. The first-order valence-electron chi connectivity index (χ1n) is 24.0. The molecule has 2 aromatic carbocycles. The van der Waals surface area contributed by atoms with Crippen LogP contribution in [0, 0.1) is 22.7 Å². The van der Waals surface area contributed by atoms with Crippen molar-refractivity contribution < 1.29 is 38.4 Å². The van der Waals surface area contributed by atoms with Gasteiger partial charge in [0.15, 0.2) is 5.78 Å². The number of hydrogen-bond donors (Lipinski definition) is 1. The highest BCUT2D eigenvalue weighted by atomic mass is 16.6. The summed E-state index contributed by atoms with van der Waals surface area (Å²) in [5.74, 6) is 0.579. The summed E-state index contributed by atoms with van der Waals surface area (Å²) in [6.45, 7) is 39.4. The molecule has 8 nitrogen and oxygen atoms in total. The minimum atomic E-state index is -0.379. The molecule has 0 bridgehead atoms. The summed E-state index contributed by atoms with van der Waals surface area (Å²) in [6, 6.07) is 13.0. The zero-order chi connectivity index (χ0) is 48.2. The second-order valence-electron chi connectivity index (χ2n) is 22.0. The van der Waals surface area contributed by atoms with Gasteiger partial charge in [0.2, 0.25) is 0 Å². The van der Waals surface area contributed by atoms with E-state index in [1.165, 1.54) is 0 Å². The fourth-order valence-corrected chi connectivity index (χ4v) is 7.97. The van der Waals surface area contributed by atoms with Crippen LogP contribution in [-0.4, -0.2) is 75.8 Å². The minimum Gasteiger partial charge on any atom is -0.507 e. The molecule has 0 amide bonds. The largest absolute Gasteiger partial charge is 0.507 e. The molecule has 4 unspecified atom stereocenters. The van der Waals surface area contributed by atoms with Gasteiger partial charge in [0.1, 0.15) is 12.4 Å². The number of ether oxygens (including phenoxy) is 5. The van der Waals surface area contributed by atoms with E-state index in [2.05, 4.69) is 159 Å². The molecule has 1 aliphatic carbocycles. The van der Waals surface area contributed by atoms with Crippen molar-refractivity contribution in [2.75, 3.05) is 52.9 Å². The number of hydrogen-bond acceptors (Lipinski definition) is 8. The van der Waals surface area contributed by atoms with Crippen molar-refractivity contribution in [1.29, 1.82) is 0 Å². The number of Topliss-reactive ketones (excluding diaryl/α,β-unsaturated/α-hetero) is 1.